The zero-order chi connectivity index (χ0) is 25.9. The first-order valence-corrected chi connectivity index (χ1v) is 12.5. The number of fused-ring (bicyclic) bond motifs is 1. The molecule has 0 atom stereocenters. The van der Waals surface area contributed by atoms with Gasteiger partial charge in [-0.15, -0.1) is 0 Å². The summed E-state index contributed by atoms with van der Waals surface area (Å²) in [4.78, 5) is 18.9. The minimum absolute atomic E-state index is 0.0295. The van der Waals surface area contributed by atoms with E-state index in [1.54, 1.807) is 0 Å². The minimum atomic E-state index is -4.71. The number of halogens is 4. The van der Waals surface area contributed by atoms with E-state index < -0.39 is 17.6 Å². The minimum Gasteiger partial charge on any atom is -0.376 e. The molecule has 1 saturated carbocycles. The number of nitrogens with one attached hydrogen (secondary N) is 1. The third-order valence-electron chi connectivity index (χ3n) is 6.90. The SMILES string of the molecule is CN(C)CCN(Cc1ccc(F)cc1C(F)(F)F)C(=O)CNc1cccc2c1CCN(CC1CC1)C2. The van der Waals surface area contributed by atoms with Crippen LogP contribution >= 0.6 is 0 Å². The van der Waals surface area contributed by atoms with E-state index >= 15 is 0 Å². The molecule has 5 nitrogen and oxygen atoms in total. The molecule has 1 aliphatic heterocycles. The van der Waals surface area contributed by atoms with Gasteiger partial charge in [-0.1, -0.05) is 18.2 Å². The van der Waals surface area contributed by atoms with Gasteiger partial charge < -0.3 is 15.1 Å². The molecule has 0 radical (unpaired) electrons. The molecule has 2 aliphatic rings. The highest BCUT2D eigenvalue weighted by Crippen LogP contribution is 2.34. The van der Waals surface area contributed by atoms with E-state index in [1.165, 1.54) is 28.9 Å². The maximum absolute atomic E-state index is 13.6. The van der Waals surface area contributed by atoms with E-state index in [4.69, 9.17) is 0 Å². The number of rotatable bonds is 10. The average Bonchev–Trinajstić information content (AvgIpc) is 3.64. The van der Waals surface area contributed by atoms with E-state index in [0.717, 1.165) is 49.8 Å². The lowest BCUT2D eigenvalue weighted by atomic mass is 9.97. The highest BCUT2D eigenvalue weighted by Gasteiger charge is 2.34. The lowest BCUT2D eigenvalue weighted by molar-refractivity contribution is -0.139. The van der Waals surface area contributed by atoms with E-state index in [2.05, 4.69) is 16.3 Å². The molecule has 1 heterocycles. The number of hydrogen-bond acceptors (Lipinski definition) is 4. The molecule has 4 rings (SSSR count). The lowest BCUT2D eigenvalue weighted by Crippen LogP contribution is -2.40. The topological polar surface area (TPSA) is 38.8 Å². The predicted octanol–water partition coefficient (Wildman–Crippen LogP) is 4.61. The number of likely N-dealkylation sites (N-methyl/N-ethyl adjacent to an activating group) is 1. The maximum atomic E-state index is 13.6. The van der Waals surface area contributed by atoms with Crippen LogP contribution in [0.5, 0.6) is 0 Å². The van der Waals surface area contributed by atoms with Gasteiger partial charge in [0.2, 0.25) is 5.91 Å². The largest absolute Gasteiger partial charge is 0.416 e. The van der Waals surface area contributed by atoms with Gasteiger partial charge >= 0.3 is 6.18 Å². The second-order valence-corrected chi connectivity index (χ2v) is 10.1. The fourth-order valence-corrected chi connectivity index (χ4v) is 4.71. The van der Waals surface area contributed by atoms with Gasteiger partial charge in [0.05, 0.1) is 12.1 Å². The van der Waals surface area contributed by atoms with Gasteiger partial charge in [-0.2, -0.15) is 13.2 Å². The molecule has 0 saturated heterocycles. The van der Waals surface area contributed by atoms with E-state index in [-0.39, 0.29) is 31.1 Å². The molecule has 1 amide bonds. The Morgan fingerprint density at radius 1 is 1.14 bits per heavy atom. The van der Waals surface area contributed by atoms with Gasteiger partial charge in [0.25, 0.3) is 0 Å². The van der Waals surface area contributed by atoms with E-state index in [0.29, 0.717) is 12.6 Å². The van der Waals surface area contributed by atoms with Crippen molar-refractivity contribution in [3.05, 3.63) is 64.5 Å². The summed E-state index contributed by atoms with van der Waals surface area (Å²) in [5.74, 6) is -0.431. The van der Waals surface area contributed by atoms with Crippen LogP contribution in [-0.2, 0) is 30.5 Å². The van der Waals surface area contributed by atoms with Crippen LogP contribution in [0.3, 0.4) is 0 Å². The number of hydrogen-bond donors (Lipinski definition) is 1. The molecule has 1 aliphatic carbocycles. The van der Waals surface area contributed by atoms with Crippen molar-refractivity contribution in [2.75, 3.05) is 52.1 Å². The van der Waals surface area contributed by atoms with Crippen LogP contribution in [-0.4, -0.2) is 67.4 Å². The van der Waals surface area contributed by atoms with Gasteiger partial charge in [0.1, 0.15) is 5.82 Å². The molecule has 0 bridgehead atoms. The number of anilines is 1. The summed E-state index contributed by atoms with van der Waals surface area (Å²) in [6, 6.07) is 8.66. The molecular formula is C27H34F4N4O. The van der Waals surface area contributed by atoms with Crippen LogP contribution in [0.15, 0.2) is 36.4 Å². The Hall–Kier alpha value is -2.65. The molecule has 0 spiro atoms. The first-order valence-electron chi connectivity index (χ1n) is 12.5. The summed E-state index contributed by atoms with van der Waals surface area (Å²) in [5.41, 5.74) is 2.19. The van der Waals surface area contributed by atoms with Crippen molar-refractivity contribution in [3.63, 3.8) is 0 Å². The van der Waals surface area contributed by atoms with Gasteiger partial charge in [-0.05, 0) is 74.2 Å². The summed E-state index contributed by atoms with van der Waals surface area (Å²) >= 11 is 0. The Morgan fingerprint density at radius 3 is 2.61 bits per heavy atom. The molecule has 1 fully saturated rings. The molecular weight excluding hydrogens is 472 g/mol. The molecule has 9 heteroatoms. The Balaban J connectivity index is 1.45. The third kappa shape index (κ3) is 6.97. The molecule has 0 unspecified atom stereocenters. The standard InChI is InChI=1S/C27H34F4N4O/c1-33(2)12-13-35(18-21-8-9-22(28)14-24(21)27(29,30)31)26(36)15-32-25-5-3-4-20-17-34(11-10-23(20)25)16-19-6-7-19/h3-5,8-9,14,19,32H,6-7,10-13,15-18H2,1-2H3. The third-order valence-corrected chi connectivity index (χ3v) is 6.90. The van der Waals surface area contributed by atoms with Crippen molar-refractivity contribution in [2.45, 2.75) is 38.5 Å². The normalized spacial score (nSPS) is 16.2. The van der Waals surface area contributed by atoms with Gasteiger partial charge in [0.15, 0.2) is 0 Å². The lowest BCUT2D eigenvalue weighted by Gasteiger charge is -2.30. The Bertz CT molecular complexity index is 1070. The smallest absolute Gasteiger partial charge is 0.376 e. The fourth-order valence-electron chi connectivity index (χ4n) is 4.71. The first-order chi connectivity index (χ1) is 17.1. The average molecular weight is 507 g/mol. The Labute approximate surface area is 210 Å². The molecule has 196 valence electrons. The van der Waals surface area contributed by atoms with Crippen molar-refractivity contribution in [1.29, 1.82) is 0 Å². The number of carbonyl (C=O) groups excluding carboxylic acids is 1. The summed E-state index contributed by atoms with van der Waals surface area (Å²) < 4.78 is 54.2. The zero-order valence-electron chi connectivity index (χ0n) is 20.9. The number of carbonyl (C=O) groups is 1. The summed E-state index contributed by atoms with van der Waals surface area (Å²) in [6.45, 7) is 3.49. The molecule has 2 aromatic carbocycles. The van der Waals surface area contributed by atoms with Crippen LogP contribution < -0.4 is 5.32 Å². The Kier molecular flexibility index (Phi) is 8.20. The van der Waals surface area contributed by atoms with Crippen LogP contribution in [0.2, 0.25) is 0 Å². The van der Waals surface area contributed by atoms with Crippen molar-refractivity contribution < 1.29 is 22.4 Å². The van der Waals surface area contributed by atoms with Crippen LogP contribution in [0.25, 0.3) is 0 Å². The van der Waals surface area contributed by atoms with Crippen molar-refractivity contribution in [3.8, 4) is 0 Å². The highest BCUT2D eigenvalue weighted by molar-refractivity contribution is 5.81. The van der Waals surface area contributed by atoms with Crippen molar-refractivity contribution in [1.82, 2.24) is 14.7 Å². The molecule has 0 aromatic heterocycles. The highest BCUT2D eigenvalue weighted by atomic mass is 19.4. The summed E-state index contributed by atoms with van der Waals surface area (Å²) in [7, 11) is 3.67. The molecule has 2 aromatic rings. The second-order valence-electron chi connectivity index (χ2n) is 10.1. The number of amides is 1. The quantitative estimate of drug-likeness (QED) is 0.478. The monoisotopic (exact) mass is 506 g/mol. The molecule has 36 heavy (non-hydrogen) atoms. The Morgan fingerprint density at radius 2 is 1.92 bits per heavy atom. The summed E-state index contributed by atoms with van der Waals surface area (Å²) in [5, 5.41) is 3.24. The second kappa shape index (κ2) is 11.2. The number of alkyl halides is 3. The van der Waals surface area contributed by atoms with Gasteiger partial charge in [-0.3, -0.25) is 9.69 Å². The number of benzene rings is 2. The maximum Gasteiger partial charge on any atom is 0.416 e. The van der Waals surface area contributed by atoms with Crippen LogP contribution in [0, 0.1) is 11.7 Å². The molecule has 1 N–H and O–H groups in total. The zero-order valence-corrected chi connectivity index (χ0v) is 20.9. The van der Waals surface area contributed by atoms with Crippen LogP contribution in [0.1, 0.15) is 35.1 Å². The van der Waals surface area contributed by atoms with Crippen molar-refractivity contribution in [2.24, 2.45) is 5.92 Å². The predicted molar refractivity (Wildman–Crippen MR) is 132 cm³/mol. The van der Waals surface area contributed by atoms with Gasteiger partial charge in [-0.25, -0.2) is 4.39 Å². The van der Waals surface area contributed by atoms with Crippen LogP contribution in [0.4, 0.5) is 23.2 Å². The number of nitrogens with zero attached hydrogens (tertiary/aromatic N) is 3. The first kappa shape index (κ1) is 26.4. The van der Waals surface area contributed by atoms with E-state index in [9.17, 15) is 22.4 Å². The van der Waals surface area contributed by atoms with E-state index in [1.807, 2.05) is 31.1 Å². The fraction of sp³-hybridized carbons (Fsp3) is 0.519. The van der Waals surface area contributed by atoms with Gasteiger partial charge in [0, 0.05) is 45.0 Å². The van der Waals surface area contributed by atoms with Crippen molar-refractivity contribution >= 4 is 11.6 Å². The summed E-state index contributed by atoms with van der Waals surface area (Å²) in [6.07, 6.45) is -1.17.